The van der Waals surface area contributed by atoms with Crippen molar-refractivity contribution in [3.05, 3.63) is 34.5 Å². The number of hydrogen-bond acceptors (Lipinski definition) is 1. The molecule has 2 nitrogen and oxygen atoms in total. The molecular weight excluding hydrogens is 195 g/mol. The Morgan fingerprint density at radius 2 is 1.93 bits per heavy atom. The molecule has 0 saturated carbocycles. The van der Waals surface area contributed by atoms with Crippen molar-refractivity contribution in [2.45, 2.75) is 13.1 Å². The molecule has 14 heavy (non-hydrogen) atoms. The zero-order valence-corrected chi connectivity index (χ0v) is 7.43. The molecule has 0 unspecified atom stereocenters. The van der Waals surface area contributed by atoms with Crippen LogP contribution in [-0.4, -0.2) is 11.5 Å². The molecule has 0 aliphatic rings. The van der Waals surface area contributed by atoms with E-state index in [9.17, 15) is 18.4 Å². The first-order valence-corrected chi connectivity index (χ1v) is 3.78. The van der Waals surface area contributed by atoms with Crippen LogP contribution in [0, 0.1) is 12.1 Å². The highest BCUT2D eigenvalue weighted by Crippen LogP contribution is 2.36. The summed E-state index contributed by atoms with van der Waals surface area (Å²) in [5.41, 5.74) is -0.978. The summed E-state index contributed by atoms with van der Waals surface area (Å²) in [5, 5.41) is 10.7. The van der Waals surface area contributed by atoms with Gasteiger partial charge in [-0.25, -0.2) is 0 Å². The van der Waals surface area contributed by atoms with E-state index >= 15 is 0 Å². The first kappa shape index (κ1) is 10.6. The third kappa shape index (κ3) is 2.04. The quantitative estimate of drug-likeness (QED) is 0.298. The van der Waals surface area contributed by atoms with Crippen molar-refractivity contribution in [1.29, 1.82) is 0 Å². The average Bonchev–Trinajstić information content (AvgIpc) is 2.01. The van der Waals surface area contributed by atoms with E-state index in [1.165, 1.54) is 13.0 Å². The van der Waals surface area contributed by atoms with E-state index in [0.29, 0.717) is 5.56 Å². The minimum absolute atomic E-state index is 0.0394. The summed E-state index contributed by atoms with van der Waals surface area (Å²) in [6.07, 6.45) is -4.53. The molecule has 0 bridgehead atoms. The normalized spacial score (nSPS) is 11.4. The predicted molar refractivity (Wildman–Crippen MR) is 46.6 cm³/mol. The number of aryl methyl sites for hydroxylation is 1. The highest BCUT2D eigenvalue weighted by atomic mass is 19.4. The van der Waals surface area contributed by atoms with Crippen LogP contribution < -0.4 is 0 Å². The molecule has 0 amide bonds. The first-order chi connectivity index (χ1) is 6.32. The largest absolute Gasteiger partial charge is 0.619 e. The molecule has 0 fully saturated rings. The Morgan fingerprint density at radius 3 is 2.36 bits per heavy atom. The molecule has 1 aromatic carbocycles. The van der Waals surface area contributed by atoms with E-state index in [2.05, 4.69) is 6.72 Å². The average molecular weight is 203 g/mol. The van der Waals surface area contributed by atoms with Gasteiger partial charge in [-0.1, -0.05) is 11.6 Å². The Labute approximate surface area is 78.9 Å². The molecule has 0 aliphatic carbocycles. The number of halogens is 3. The third-order valence-electron chi connectivity index (χ3n) is 1.73. The van der Waals surface area contributed by atoms with Gasteiger partial charge in [0.2, 0.25) is 5.69 Å². The molecule has 0 N–H and O–H groups in total. The van der Waals surface area contributed by atoms with Crippen LogP contribution in [0.1, 0.15) is 11.1 Å². The second-order valence-electron chi connectivity index (χ2n) is 2.90. The molecule has 1 aromatic rings. The Bertz CT molecular complexity index is 371. The molecule has 0 radical (unpaired) electrons. The number of hydrogen-bond donors (Lipinski definition) is 0. The number of rotatable bonds is 1. The zero-order chi connectivity index (χ0) is 10.9. The SMILES string of the molecule is C=[N+]([O-])c1ccc(C)cc1C(F)(F)F. The van der Waals surface area contributed by atoms with Gasteiger partial charge in [0.1, 0.15) is 12.3 Å². The summed E-state index contributed by atoms with van der Waals surface area (Å²) in [6.45, 7) is 4.42. The fourth-order valence-corrected chi connectivity index (χ4v) is 1.09. The number of alkyl halides is 3. The van der Waals surface area contributed by atoms with Crippen molar-refractivity contribution >= 4 is 12.4 Å². The summed E-state index contributed by atoms with van der Waals surface area (Å²) >= 11 is 0. The highest BCUT2D eigenvalue weighted by molar-refractivity contribution is 5.46. The minimum atomic E-state index is -4.53. The van der Waals surface area contributed by atoms with Gasteiger partial charge in [0, 0.05) is 6.07 Å². The molecule has 5 heteroatoms. The van der Waals surface area contributed by atoms with Crippen molar-refractivity contribution in [1.82, 2.24) is 0 Å². The van der Waals surface area contributed by atoms with E-state index in [0.717, 1.165) is 12.1 Å². The van der Waals surface area contributed by atoms with Crippen LogP contribution in [0.4, 0.5) is 18.9 Å². The molecule has 76 valence electrons. The van der Waals surface area contributed by atoms with Crippen molar-refractivity contribution in [3.8, 4) is 0 Å². The minimum Gasteiger partial charge on any atom is -0.619 e. The fourth-order valence-electron chi connectivity index (χ4n) is 1.09. The summed E-state index contributed by atoms with van der Waals surface area (Å²) in [4.78, 5) is 0. The number of benzene rings is 1. The van der Waals surface area contributed by atoms with Crippen molar-refractivity contribution in [2.75, 3.05) is 0 Å². The lowest BCUT2D eigenvalue weighted by molar-refractivity contribution is -0.353. The molecule has 0 aromatic heterocycles. The van der Waals surface area contributed by atoms with E-state index < -0.39 is 17.4 Å². The molecule has 0 spiro atoms. The van der Waals surface area contributed by atoms with Crippen LogP contribution in [0.3, 0.4) is 0 Å². The van der Waals surface area contributed by atoms with E-state index in [1.807, 2.05) is 0 Å². The summed E-state index contributed by atoms with van der Waals surface area (Å²) in [7, 11) is 0. The van der Waals surface area contributed by atoms with E-state index in [4.69, 9.17) is 0 Å². The van der Waals surface area contributed by atoms with Gasteiger partial charge in [-0.05, 0) is 13.0 Å². The highest BCUT2D eigenvalue weighted by Gasteiger charge is 2.36. The van der Waals surface area contributed by atoms with Crippen LogP contribution in [0.25, 0.3) is 0 Å². The Balaban J connectivity index is 3.38. The molecule has 0 saturated heterocycles. The molecule has 0 heterocycles. The van der Waals surface area contributed by atoms with Gasteiger partial charge in [0.25, 0.3) is 0 Å². The lowest BCUT2D eigenvalue weighted by Gasteiger charge is -2.11. The van der Waals surface area contributed by atoms with Crippen LogP contribution in [0.15, 0.2) is 18.2 Å². The lowest BCUT2D eigenvalue weighted by Crippen LogP contribution is -2.09. The molecule has 1 rings (SSSR count). The van der Waals surface area contributed by atoms with Crippen LogP contribution >= 0.6 is 0 Å². The van der Waals surface area contributed by atoms with Gasteiger partial charge in [0.15, 0.2) is 0 Å². The molecule has 0 aliphatic heterocycles. The maximum absolute atomic E-state index is 12.4. The standard InChI is InChI=1S/C9H8F3NO/c1-6-3-4-8(13(2)14)7(5-6)9(10,11)12/h3-5H,2H2,1H3. The van der Waals surface area contributed by atoms with Crippen molar-refractivity contribution < 1.29 is 17.9 Å². The van der Waals surface area contributed by atoms with Crippen molar-refractivity contribution in [2.24, 2.45) is 0 Å². The Morgan fingerprint density at radius 1 is 1.36 bits per heavy atom. The van der Waals surface area contributed by atoms with Crippen LogP contribution in [0.5, 0.6) is 0 Å². The van der Waals surface area contributed by atoms with Gasteiger partial charge in [-0.2, -0.15) is 17.9 Å². The molecular formula is C9H8F3NO. The Hall–Kier alpha value is -1.52. The summed E-state index contributed by atoms with van der Waals surface area (Å²) < 4.78 is 37.1. The van der Waals surface area contributed by atoms with Gasteiger partial charge in [-0.15, -0.1) is 0 Å². The van der Waals surface area contributed by atoms with Gasteiger partial charge in [0.05, 0.1) is 0 Å². The predicted octanol–water partition coefficient (Wildman–Crippen LogP) is 2.86. The lowest BCUT2D eigenvalue weighted by atomic mass is 10.1. The Kier molecular flexibility index (Phi) is 2.51. The van der Waals surface area contributed by atoms with Gasteiger partial charge >= 0.3 is 6.18 Å². The second kappa shape index (κ2) is 3.32. The zero-order valence-electron chi connectivity index (χ0n) is 7.43. The van der Waals surface area contributed by atoms with Crippen molar-refractivity contribution in [3.63, 3.8) is 0 Å². The topological polar surface area (TPSA) is 26.1 Å². The summed E-state index contributed by atoms with van der Waals surface area (Å²) in [6, 6.07) is 3.46. The third-order valence-corrected chi connectivity index (χ3v) is 1.73. The first-order valence-electron chi connectivity index (χ1n) is 3.78. The maximum atomic E-state index is 12.4. The monoisotopic (exact) mass is 203 g/mol. The van der Waals surface area contributed by atoms with Crippen LogP contribution in [0.2, 0.25) is 0 Å². The smallest absolute Gasteiger partial charge is 0.422 e. The van der Waals surface area contributed by atoms with E-state index in [-0.39, 0.29) is 4.74 Å². The number of nitrogens with zero attached hydrogens (tertiary/aromatic N) is 1. The summed E-state index contributed by atoms with van der Waals surface area (Å²) in [5.74, 6) is 0. The maximum Gasteiger partial charge on any atom is 0.422 e. The fraction of sp³-hybridized carbons (Fsp3) is 0.222. The second-order valence-corrected chi connectivity index (χ2v) is 2.90. The van der Waals surface area contributed by atoms with Crippen LogP contribution in [-0.2, 0) is 6.18 Å². The molecule has 0 atom stereocenters. The van der Waals surface area contributed by atoms with E-state index in [1.54, 1.807) is 0 Å². The van der Waals surface area contributed by atoms with Gasteiger partial charge in [-0.3, -0.25) is 0 Å². The van der Waals surface area contributed by atoms with Gasteiger partial charge < -0.3 is 5.21 Å².